The molecule has 208 valence electrons. The minimum absolute atomic E-state index is 0.201. The zero-order valence-corrected chi connectivity index (χ0v) is 23.4. The second-order valence-electron chi connectivity index (χ2n) is 9.29. The standard InChI is InChI=1S/C31H29N5O4S/c1-4-9-22(5-2)32-16-17-35-28(37)26-18-23(6-3)41-29(26)36(31(35)39)19-20-12-14-21(15-13-20)24-10-7-8-11-25(24)27-33-30(38)40-34-27/h4-5,7-15,18,32H,1-2,6,16-17,19H2,3H3,(H,33,34,38)/b22-9+. The summed E-state index contributed by atoms with van der Waals surface area (Å²) < 4.78 is 7.66. The smallest absolute Gasteiger partial charge is 0.383 e. The average molecular weight is 568 g/mol. The van der Waals surface area contributed by atoms with Crippen LogP contribution in [0.1, 0.15) is 17.4 Å². The van der Waals surface area contributed by atoms with E-state index in [1.807, 2.05) is 61.5 Å². The number of fused-ring (bicyclic) bond motifs is 1. The van der Waals surface area contributed by atoms with E-state index < -0.39 is 5.76 Å². The Bertz CT molecular complexity index is 1940. The first-order valence-corrected chi connectivity index (χ1v) is 13.9. The van der Waals surface area contributed by atoms with E-state index in [2.05, 4.69) is 28.6 Å². The molecule has 0 aliphatic rings. The fraction of sp³-hybridized carbons (Fsp3) is 0.161. The molecule has 0 unspecified atom stereocenters. The van der Waals surface area contributed by atoms with Gasteiger partial charge in [-0.1, -0.05) is 79.8 Å². The fourth-order valence-corrected chi connectivity index (χ4v) is 5.74. The number of nitrogens with zero attached hydrogens (tertiary/aromatic N) is 3. The SMILES string of the molecule is C=C/C=C(\C=C)NCCn1c(=O)c2cc(CC)sc2n(Cc2ccc(-c3ccccc3-c3noc(=O)[nH]3)cc2)c1=O. The van der Waals surface area contributed by atoms with E-state index in [1.54, 1.807) is 22.8 Å². The summed E-state index contributed by atoms with van der Waals surface area (Å²) in [6.45, 7) is 10.4. The maximum absolute atomic E-state index is 13.7. The van der Waals surface area contributed by atoms with Gasteiger partial charge in [-0.3, -0.25) is 23.4 Å². The highest BCUT2D eigenvalue weighted by molar-refractivity contribution is 7.18. The zero-order chi connectivity index (χ0) is 28.9. The summed E-state index contributed by atoms with van der Waals surface area (Å²) in [5, 5.41) is 7.56. The third-order valence-corrected chi connectivity index (χ3v) is 8.01. The van der Waals surface area contributed by atoms with E-state index in [9.17, 15) is 14.4 Å². The van der Waals surface area contributed by atoms with Crippen molar-refractivity contribution in [3.8, 4) is 22.5 Å². The number of nitrogens with one attached hydrogen (secondary N) is 2. The van der Waals surface area contributed by atoms with E-state index in [0.717, 1.165) is 39.2 Å². The monoisotopic (exact) mass is 567 g/mol. The first kappa shape index (κ1) is 27.6. The van der Waals surface area contributed by atoms with Crippen LogP contribution in [0.15, 0.2) is 111 Å². The molecule has 0 bridgehead atoms. The molecule has 0 aliphatic heterocycles. The molecule has 5 aromatic rings. The van der Waals surface area contributed by atoms with Crippen molar-refractivity contribution in [2.24, 2.45) is 0 Å². The van der Waals surface area contributed by atoms with Gasteiger partial charge < -0.3 is 5.32 Å². The van der Waals surface area contributed by atoms with Crippen LogP contribution in [0.2, 0.25) is 0 Å². The lowest BCUT2D eigenvalue weighted by Crippen LogP contribution is -2.41. The number of aryl methyl sites for hydroxylation is 1. The van der Waals surface area contributed by atoms with E-state index in [0.29, 0.717) is 29.1 Å². The Morgan fingerprint density at radius 1 is 1.07 bits per heavy atom. The van der Waals surface area contributed by atoms with Crippen molar-refractivity contribution in [1.82, 2.24) is 24.6 Å². The molecular formula is C31H29N5O4S. The van der Waals surface area contributed by atoms with E-state index >= 15 is 0 Å². The van der Waals surface area contributed by atoms with Gasteiger partial charge in [-0.15, -0.1) is 11.3 Å². The molecule has 3 aromatic heterocycles. The molecule has 2 aromatic carbocycles. The topological polar surface area (TPSA) is 115 Å². The van der Waals surface area contributed by atoms with Crippen LogP contribution in [0.4, 0.5) is 0 Å². The highest BCUT2D eigenvalue weighted by Crippen LogP contribution is 2.30. The first-order valence-electron chi connectivity index (χ1n) is 13.1. The van der Waals surface area contributed by atoms with Gasteiger partial charge in [0.15, 0.2) is 5.82 Å². The van der Waals surface area contributed by atoms with Crippen LogP contribution < -0.4 is 22.3 Å². The number of aromatic amines is 1. The third kappa shape index (κ3) is 5.68. The average Bonchev–Trinajstić information content (AvgIpc) is 3.63. The van der Waals surface area contributed by atoms with Gasteiger partial charge in [0.1, 0.15) is 4.83 Å². The minimum atomic E-state index is -0.617. The minimum Gasteiger partial charge on any atom is -0.383 e. The molecule has 3 heterocycles. The number of hydrogen-bond donors (Lipinski definition) is 2. The molecule has 0 fully saturated rings. The molecular weight excluding hydrogens is 538 g/mol. The Labute approximate surface area is 239 Å². The van der Waals surface area contributed by atoms with E-state index in [-0.39, 0.29) is 17.8 Å². The van der Waals surface area contributed by atoms with Crippen LogP contribution in [0.5, 0.6) is 0 Å². The second-order valence-corrected chi connectivity index (χ2v) is 10.4. The van der Waals surface area contributed by atoms with Crippen LogP contribution in [-0.4, -0.2) is 25.8 Å². The van der Waals surface area contributed by atoms with Gasteiger partial charge in [-0.25, -0.2) is 9.59 Å². The second kappa shape index (κ2) is 12.1. The normalized spacial score (nSPS) is 11.6. The highest BCUT2D eigenvalue weighted by atomic mass is 32.1. The maximum Gasteiger partial charge on any atom is 0.439 e. The Hall–Kier alpha value is -4.96. The van der Waals surface area contributed by atoms with Gasteiger partial charge in [0, 0.05) is 29.2 Å². The van der Waals surface area contributed by atoms with Gasteiger partial charge in [0.25, 0.3) is 5.56 Å². The summed E-state index contributed by atoms with van der Waals surface area (Å²) >= 11 is 1.48. The zero-order valence-electron chi connectivity index (χ0n) is 22.6. The highest BCUT2D eigenvalue weighted by Gasteiger charge is 2.17. The Morgan fingerprint density at radius 2 is 1.83 bits per heavy atom. The van der Waals surface area contributed by atoms with Crippen molar-refractivity contribution in [3.05, 3.63) is 134 Å². The van der Waals surface area contributed by atoms with Crippen LogP contribution in [0, 0.1) is 0 Å². The van der Waals surface area contributed by atoms with Crippen molar-refractivity contribution in [2.75, 3.05) is 6.54 Å². The van der Waals surface area contributed by atoms with Crippen LogP contribution >= 0.6 is 11.3 Å². The molecule has 5 rings (SSSR count). The number of thiophene rings is 1. The summed E-state index contributed by atoms with van der Waals surface area (Å²) in [4.78, 5) is 42.8. The van der Waals surface area contributed by atoms with Gasteiger partial charge in [-0.05, 0) is 41.3 Å². The van der Waals surface area contributed by atoms with Gasteiger partial charge in [0.2, 0.25) is 0 Å². The summed E-state index contributed by atoms with van der Waals surface area (Å²) in [6, 6.07) is 17.3. The number of H-pyrrole nitrogens is 1. The quantitative estimate of drug-likeness (QED) is 0.224. The lowest BCUT2D eigenvalue weighted by molar-refractivity contribution is 0.388. The summed E-state index contributed by atoms with van der Waals surface area (Å²) in [6.07, 6.45) is 5.85. The van der Waals surface area contributed by atoms with Crippen LogP contribution in [0.3, 0.4) is 0 Å². The molecule has 0 amide bonds. The first-order chi connectivity index (χ1) is 19.9. The number of hydrogen-bond acceptors (Lipinski definition) is 7. The summed E-state index contributed by atoms with van der Waals surface area (Å²) in [5.41, 5.74) is 3.54. The van der Waals surface area contributed by atoms with E-state index in [1.165, 1.54) is 15.9 Å². The van der Waals surface area contributed by atoms with Crippen molar-refractivity contribution >= 4 is 21.6 Å². The molecule has 0 saturated carbocycles. The summed E-state index contributed by atoms with van der Waals surface area (Å²) in [7, 11) is 0. The van der Waals surface area contributed by atoms with Gasteiger partial charge >= 0.3 is 11.4 Å². The Kier molecular flexibility index (Phi) is 8.11. The van der Waals surface area contributed by atoms with Gasteiger partial charge in [0.05, 0.1) is 11.9 Å². The number of aromatic nitrogens is 4. The maximum atomic E-state index is 13.7. The molecule has 2 N–H and O–H groups in total. The van der Waals surface area contributed by atoms with Crippen LogP contribution in [-0.2, 0) is 19.5 Å². The number of rotatable bonds is 11. The number of allylic oxidation sites excluding steroid dienone is 3. The molecule has 0 aliphatic carbocycles. The van der Waals surface area contributed by atoms with Gasteiger partial charge in [-0.2, -0.15) is 0 Å². The Balaban J connectivity index is 1.49. The van der Waals surface area contributed by atoms with Crippen molar-refractivity contribution in [2.45, 2.75) is 26.4 Å². The van der Waals surface area contributed by atoms with Crippen molar-refractivity contribution in [1.29, 1.82) is 0 Å². The predicted molar refractivity (Wildman–Crippen MR) is 163 cm³/mol. The fourth-order valence-electron chi connectivity index (χ4n) is 4.66. The summed E-state index contributed by atoms with van der Waals surface area (Å²) in [5.74, 6) is -0.266. The van der Waals surface area contributed by atoms with E-state index in [4.69, 9.17) is 4.52 Å². The largest absolute Gasteiger partial charge is 0.439 e. The molecule has 0 saturated heterocycles. The van der Waals surface area contributed by atoms with Crippen molar-refractivity contribution in [3.63, 3.8) is 0 Å². The lowest BCUT2D eigenvalue weighted by Gasteiger charge is -2.14. The Morgan fingerprint density at radius 3 is 2.49 bits per heavy atom. The third-order valence-electron chi connectivity index (χ3n) is 6.70. The molecule has 0 spiro atoms. The lowest BCUT2D eigenvalue weighted by atomic mass is 9.98. The van der Waals surface area contributed by atoms with Crippen molar-refractivity contribution < 1.29 is 4.52 Å². The molecule has 9 nitrogen and oxygen atoms in total. The molecule has 0 atom stereocenters. The predicted octanol–water partition coefficient (Wildman–Crippen LogP) is 4.69. The van der Waals surface area contributed by atoms with Crippen LogP contribution in [0.25, 0.3) is 32.7 Å². The number of benzene rings is 2. The molecule has 0 radical (unpaired) electrons. The molecule has 10 heteroatoms. The molecule has 41 heavy (non-hydrogen) atoms.